The lowest BCUT2D eigenvalue weighted by molar-refractivity contribution is 0.396. The molecule has 0 amide bonds. The summed E-state index contributed by atoms with van der Waals surface area (Å²) in [6, 6.07) is 8.03. The quantitative estimate of drug-likeness (QED) is 0.559. The number of anilines is 1. The van der Waals surface area contributed by atoms with E-state index in [1.54, 1.807) is 0 Å². The van der Waals surface area contributed by atoms with E-state index in [1.165, 1.54) is 5.46 Å². The molecule has 0 heterocycles. The Hall–Kier alpha value is -0.915. The molecule has 14 heavy (non-hydrogen) atoms. The summed E-state index contributed by atoms with van der Waals surface area (Å²) in [6.45, 7) is 9.01. The van der Waals surface area contributed by atoms with Crippen molar-refractivity contribution in [3.8, 4) is 0 Å². The van der Waals surface area contributed by atoms with Gasteiger partial charge in [-0.3, -0.25) is 0 Å². The molecule has 0 aliphatic rings. The van der Waals surface area contributed by atoms with E-state index >= 15 is 0 Å². The lowest BCUT2D eigenvalue weighted by atomic mass is 9.52. The summed E-state index contributed by atoms with van der Waals surface area (Å²) in [5.74, 6) is 0.561. The van der Waals surface area contributed by atoms with Crippen molar-refractivity contribution in [2.24, 2.45) is 5.41 Å². The molecule has 1 rings (SSSR count). The van der Waals surface area contributed by atoms with Crippen LogP contribution in [0.15, 0.2) is 24.3 Å². The van der Waals surface area contributed by atoms with Gasteiger partial charge < -0.3 is 5.73 Å². The third-order valence-electron chi connectivity index (χ3n) is 2.74. The van der Waals surface area contributed by atoms with Crippen LogP contribution in [0, 0.1) is 5.41 Å². The monoisotopic (exact) mass is 188 g/mol. The molecule has 0 saturated carbocycles. The fourth-order valence-electron chi connectivity index (χ4n) is 1.15. The van der Waals surface area contributed by atoms with Crippen LogP contribution in [0.3, 0.4) is 0 Å². The van der Waals surface area contributed by atoms with Gasteiger partial charge in [0.05, 0.1) is 0 Å². The molecule has 0 spiro atoms. The Morgan fingerprint density at radius 1 is 1.14 bits per heavy atom. The molecule has 75 valence electrons. The second kappa shape index (κ2) is 4.08. The van der Waals surface area contributed by atoms with Gasteiger partial charge in [0.2, 0.25) is 0 Å². The van der Waals surface area contributed by atoms with Crippen LogP contribution in [0.25, 0.3) is 0 Å². The molecule has 1 aromatic rings. The first-order valence-corrected chi connectivity index (χ1v) is 5.10. The van der Waals surface area contributed by atoms with Gasteiger partial charge in [0.15, 0.2) is 7.28 Å². The zero-order chi connectivity index (χ0) is 10.8. The normalized spacial score (nSPS) is 13.7. The molecule has 0 bridgehead atoms. The molecule has 0 saturated heterocycles. The predicted octanol–water partition coefficient (Wildman–Crippen LogP) is 2.45. The molecular formula is C12H19BN. The maximum atomic E-state index is 5.63. The van der Waals surface area contributed by atoms with E-state index in [2.05, 4.69) is 47.1 Å². The van der Waals surface area contributed by atoms with Crippen molar-refractivity contribution in [1.29, 1.82) is 0 Å². The molecule has 0 aromatic heterocycles. The van der Waals surface area contributed by atoms with E-state index in [0.29, 0.717) is 11.2 Å². The predicted molar refractivity (Wildman–Crippen MR) is 65.1 cm³/mol. The van der Waals surface area contributed by atoms with E-state index in [9.17, 15) is 0 Å². The number of hydrogen-bond acceptors (Lipinski definition) is 1. The third kappa shape index (κ3) is 3.10. The van der Waals surface area contributed by atoms with Crippen LogP contribution in [-0.2, 0) is 0 Å². The molecule has 1 atom stereocenters. The third-order valence-corrected chi connectivity index (χ3v) is 2.74. The molecule has 0 fully saturated rings. The standard InChI is InChI=1S/C12H19BN/c1-9(12(2,3)4)13-10-5-7-11(14)8-6-10/h5-9H,14H2,1-4H3. The van der Waals surface area contributed by atoms with Crippen LogP contribution in [0.4, 0.5) is 5.69 Å². The first kappa shape index (κ1) is 11.2. The van der Waals surface area contributed by atoms with Gasteiger partial charge in [0, 0.05) is 5.69 Å². The lowest BCUT2D eigenvalue weighted by Gasteiger charge is -2.26. The van der Waals surface area contributed by atoms with Crippen LogP contribution in [-0.4, -0.2) is 7.28 Å². The van der Waals surface area contributed by atoms with E-state index < -0.39 is 0 Å². The molecule has 2 heteroatoms. The molecule has 0 aliphatic carbocycles. The van der Waals surface area contributed by atoms with Crippen LogP contribution < -0.4 is 11.2 Å². The average Bonchev–Trinajstić information content (AvgIpc) is 2.07. The second-order valence-corrected chi connectivity index (χ2v) is 4.99. The smallest absolute Gasteiger partial charge is 0.155 e. The Kier molecular flexibility index (Phi) is 3.25. The van der Waals surface area contributed by atoms with Gasteiger partial charge in [0.25, 0.3) is 0 Å². The summed E-state index contributed by atoms with van der Waals surface area (Å²) in [5.41, 5.74) is 8.03. The van der Waals surface area contributed by atoms with Crippen molar-refractivity contribution in [3.05, 3.63) is 24.3 Å². The number of nitrogen functional groups attached to an aromatic ring is 1. The van der Waals surface area contributed by atoms with Gasteiger partial charge in [-0.15, -0.1) is 0 Å². The number of rotatable bonds is 2. The lowest BCUT2D eigenvalue weighted by Crippen LogP contribution is -2.26. The molecule has 1 nitrogen and oxygen atoms in total. The first-order chi connectivity index (χ1) is 6.39. The van der Waals surface area contributed by atoms with Gasteiger partial charge in [-0.25, -0.2) is 0 Å². The number of nitrogens with two attached hydrogens (primary N) is 1. The van der Waals surface area contributed by atoms with Crippen molar-refractivity contribution in [1.82, 2.24) is 0 Å². The average molecular weight is 188 g/mol. The Balaban J connectivity index is 2.65. The fourth-order valence-corrected chi connectivity index (χ4v) is 1.15. The molecule has 2 N–H and O–H groups in total. The van der Waals surface area contributed by atoms with Crippen LogP contribution >= 0.6 is 0 Å². The summed E-state index contributed by atoms with van der Waals surface area (Å²) in [4.78, 5) is 0. The van der Waals surface area contributed by atoms with Gasteiger partial charge in [0.1, 0.15) is 0 Å². The summed E-state index contributed by atoms with van der Waals surface area (Å²) >= 11 is 0. The summed E-state index contributed by atoms with van der Waals surface area (Å²) in [6.07, 6.45) is 0. The Morgan fingerprint density at radius 3 is 2.07 bits per heavy atom. The first-order valence-electron chi connectivity index (χ1n) is 5.10. The molecule has 0 aliphatic heterocycles. The summed E-state index contributed by atoms with van der Waals surface area (Å²) in [7, 11) is 2.29. The summed E-state index contributed by atoms with van der Waals surface area (Å²) < 4.78 is 0. The Morgan fingerprint density at radius 2 is 1.64 bits per heavy atom. The molecular weight excluding hydrogens is 169 g/mol. The minimum atomic E-state index is 0.321. The second-order valence-electron chi connectivity index (χ2n) is 4.99. The van der Waals surface area contributed by atoms with Crippen molar-refractivity contribution in [2.75, 3.05) is 5.73 Å². The van der Waals surface area contributed by atoms with E-state index in [-0.39, 0.29) is 0 Å². The summed E-state index contributed by atoms with van der Waals surface area (Å²) in [5, 5.41) is 0. The Bertz CT molecular complexity index is 284. The van der Waals surface area contributed by atoms with Crippen molar-refractivity contribution < 1.29 is 0 Å². The van der Waals surface area contributed by atoms with Crippen LogP contribution in [0.2, 0.25) is 5.82 Å². The maximum absolute atomic E-state index is 5.63. The van der Waals surface area contributed by atoms with Crippen molar-refractivity contribution in [2.45, 2.75) is 33.5 Å². The van der Waals surface area contributed by atoms with E-state index in [0.717, 1.165) is 5.69 Å². The van der Waals surface area contributed by atoms with Crippen LogP contribution in [0.1, 0.15) is 27.7 Å². The zero-order valence-electron chi connectivity index (χ0n) is 9.54. The SMILES string of the molecule is CC([B]c1ccc(N)cc1)C(C)(C)C. The van der Waals surface area contributed by atoms with E-state index in [4.69, 9.17) is 5.73 Å². The minimum Gasteiger partial charge on any atom is -0.399 e. The molecule has 1 radical (unpaired) electrons. The van der Waals surface area contributed by atoms with Crippen molar-refractivity contribution >= 4 is 18.4 Å². The number of benzene rings is 1. The molecule has 1 unspecified atom stereocenters. The highest BCUT2D eigenvalue weighted by Crippen LogP contribution is 2.29. The van der Waals surface area contributed by atoms with Gasteiger partial charge in [-0.1, -0.05) is 51.1 Å². The maximum Gasteiger partial charge on any atom is 0.155 e. The van der Waals surface area contributed by atoms with Crippen molar-refractivity contribution in [3.63, 3.8) is 0 Å². The van der Waals surface area contributed by atoms with Gasteiger partial charge in [-0.05, 0) is 17.5 Å². The van der Waals surface area contributed by atoms with Crippen LogP contribution in [0.5, 0.6) is 0 Å². The van der Waals surface area contributed by atoms with Gasteiger partial charge >= 0.3 is 0 Å². The largest absolute Gasteiger partial charge is 0.399 e. The highest BCUT2D eigenvalue weighted by atomic mass is 14.5. The highest BCUT2D eigenvalue weighted by Gasteiger charge is 2.20. The highest BCUT2D eigenvalue weighted by molar-refractivity contribution is 6.55. The van der Waals surface area contributed by atoms with Gasteiger partial charge in [-0.2, -0.15) is 0 Å². The zero-order valence-corrected chi connectivity index (χ0v) is 9.54. The minimum absolute atomic E-state index is 0.321. The van der Waals surface area contributed by atoms with E-state index in [1.807, 2.05) is 12.1 Å². The topological polar surface area (TPSA) is 26.0 Å². The Labute approximate surface area is 87.9 Å². The molecule has 1 aromatic carbocycles. The fraction of sp³-hybridized carbons (Fsp3) is 0.500. The number of hydrogen-bond donors (Lipinski definition) is 1.